The van der Waals surface area contributed by atoms with Crippen molar-refractivity contribution in [2.45, 2.75) is 24.8 Å². The highest BCUT2D eigenvalue weighted by atomic mass is 32.2. The van der Waals surface area contributed by atoms with Crippen molar-refractivity contribution >= 4 is 57.4 Å². The number of nitrogen functional groups attached to an aromatic ring is 1. The van der Waals surface area contributed by atoms with Gasteiger partial charge in [0.2, 0.25) is 0 Å². The molecule has 1 saturated heterocycles. The monoisotopic (exact) mass is 408 g/mol. The van der Waals surface area contributed by atoms with Gasteiger partial charge in [0.1, 0.15) is 11.4 Å². The molecule has 0 bridgehead atoms. The number of amides is 2. The Kier molecular flexibility index (Phi) is 5.33. The molecule has 1 fully saturated rings. The number of thiazole rings is 1. The van der Waals surface area contributed by atoms with Crippen molar-refractivity contribution < 1.29 is 24.3 Å². The Labute approximate surface area is 162 Å². The van der Waals surface area contributed by atoms with Gasteiger partial charge in [-0.15, -0.1) is 23.1 Å². The molecule has 2 aliphatic rings. The van der Waals surface area contributed by atoms with E-state index in [4.69, 9.17) is 10.8 Å². The summed E-state index contributed by atoms with van der Waals surface area (Å²) in [4.78, 5) is 53.1. The van der Waals surface area contributed by atoms with Crippen LogP contribution in [0.3, 0.4) is 0 Å². The number of hydrogen-bond donors (Lipinski definition) is 3. The summed E-state index contributed by atoms with van der Waals surface area (Å²) < 4.78 is 0. The zero-order valence-corrected chi connectivity index (χ0v) is 15.8. The highest BCUT2D eigenvalue weighted by Gasteiger charge is 2.52. The fourth-order valence-electron chi connectivity index (χ4n) is 2.79. The van der Waals surface area contributed by atoms with E-state index in [-0.39, 0.29) is 39.9 Å². The van der Waals surface area contributed by atoms with E-state index in [2.05, 4.69) is 10.3 Å². The van der Waals surface area contributed by atoms with Crippen LogP contribution in [0.2, 0.25) is 0 Å². The minimum Gasteiger partial charge on any atom is -0.481 e. The highest BCUT2D eigenvalue weighted by Crippen LogP contribution is 2.37. The van der Waals surface area contributed by atoms with E-state index >= 15 is 0 Å². The summed E-state index contributed by atoms with van der Waals surface area (Å²) in [7, 11) is 0. The number of carbonyl (C=O) groups is 4. The van der Waals surface area contributed by atoms with Crippen molar-refractivity contribution in [1.82, 2.24) is 15.2 Å². The topological polar surface area (TPSA) is 143 Å². The second kappa shape index (κ2) is 7.53. The predicted octanol–water partition coefficient (Wildman–Crippen LogP) is 0.456. The number of carbonyl (C=O) groups excluding carboxylic acids is 3. The molecular weight excluding hydrogens is 392 g/mol. The number of ketones is 1. The number of allylic oxidation sites excluding steroid dienone is 1. The van der Waals surface area contributed by atoms with Crippen LogP contribution in [0.4, 0.5) is 5.13 Å². The van der Waals surface area contributed by atoms with Crippen LogP contribution in [-0.4, -0.2) is 55.7 Å². The van der Waals surface area contributed by atoms with Gasteiger partial charge in [-0.3, -0.25) is 24.1 Å². The van der Waals surface area contributed by atoms with E-state index in [1.807, 2.05) is 0 Å². The lowest BCUT2D eigenvalue weighted by Crippen LogP contribution is -2.70. The van der Waals surface area contributed by atoms with Gasteiger partial charge in [0, 0.05) is 18.1 Å². The van der Waals surface area contributed by atoms with Crippen molar-refractivity contribution in [2.75, 3.05) is 11.5 Å². The van der Waals surface area contributed by atoms with Gasteiger partial charge < -0.3 is 16.2 Å². The standard InChI is InChI=1S/C16H16N4O5S2/c1-7(21)10-4-5-26-15-12(14(25)20(10)15)19-13(24)8(2-3-11(22)23)9-6-27-16(17)18-9/h2,4,6,12,15H,3,5H2,1H3,(H2,17,18)(H,19,24)(H,22,23)/b8-2+/t12-,15-/m1/s1. The second-order valence-corrected chi connectivity index (χ2v) is 7.85. The fraction of sp³-hybridized carbons (Fsp3) is 0.312. The highest BCUT2D eigenvalue weighted by molar-refractivity contribution is 8.00. The Morgan fingerprint density at radius 1 is 1.48 bits per heavy atom. The van der Waals surface area contributed by atoms with E-state index in [9.17, 15) is 19.2 Å². The van der Waals surface area contributed by atoms with E-state index in [1.54, 1.807) is 11.5 Å². The Bertz CT molecular complexity index is 891. The molecule has 4 N–H and O–H groups in total. The molecule has 1 aromatic rings. The number of nitrogens with zero attached hydrogens (tertiary/aromatic N) is 2. The van der Waals surface area contributed by atoms with Crippen LogP contribution in [0, 0.1) is 0 Å². The molecule has 0 saturated carbocycles. The van der Waals surface area contributed by atoms with Crippen molar-refractivity contribution in [1.29, 1.82) is 0 Å². The molecule has 0 radical (unpaired) electrons. The summed E-state index contributed by atoms with van der Waals surface area (Å²) in [5.41, 5.74) is 6.22. The number of carboxylic acid groups (broad SMARTS) is 1. The van der Waals surface area contributed by atoms with Gasteiger partial charge in [-0.25, -0.2) is 4.98 Å². The number of carboxylic acids is 1. The largest absolute Gasteiger partial charge is 0.481 e. The summed E-state index contributed by atoms with van der Waals surface area (Å²) in [5.74, 6) is -1.75. The summed E-state index contributed by atoms with van der Waals surface area (Å²) in [6, 6.07) is -0.797. The van der Waals surface area contributed by atoms with Gasteiger partial charge in [0.05, 0.1) is 23.4 Å². The molecule has 2 aliphatic heterocycles. The van der Waals surface area contributed by atoms with E-state index in [0.717, 1.165) is 11.3 Å². The predicted molar refractivity (Wildman–Crippen MR) is 101 cm³/mol. The maximum Gasteiger partial charge on any atom is 0.307 e. The number of thioether (sulfide) groups is 1. The number of fused-ring (bicyclic) bond motifs is 1. The number of β-lactam (4-membered cyclic amide) rings is 1. The van der Waals surface area contributed by atoms with Crippen molar-refractivity contribution in [3.8, 4) is 0 Å². The average molecular weight is 408 g/mol. The number of nitrogens with two attached hydrogens (primary N) is 1. The first-order valence-corrected chi connectivity index (χ1v) is 9.82. The van der Waals surface area contributed by atoms with Crippen LogP contribution in [0.5, 0.6) is 0 Å². The number of aliphatic carboxylic acids is 1. The van der Waals surface area contributed by atoms with Gasteiger partial charge in [0.25, 0.3) is 11.8 Å². The molecule has 0 spiro atoms. The Morgan fingerprint density at radius 2 is 2.22 bits per heavy atom. The van der Waals surface area contributed by atoms with Gasteiger partial charge in [-0.1, -0.05) is 6.08 Å². The zero-order valence-electron chi connectivity index (χ0n) is 14.2. The fourth-order valence-corrected chi connectivity index (χ4v) is 4.55. The molecule has 9 nitrogen and oxygen atoms in total. The summed E-state index contributed by atoms with van der Waals surface area (Å²) in [5, 5.41) is 12.9. The van der Waals surface area contributed by atoms with E-state index in [0.29, 0.717) is 11.4 Å². The molecule has 2 atom stereocenters. The quantitative estimate of drug-likeness (QED) is 0.455. The van der Waals surface area contributed by atoms with Crippen LogP contribution in [0.25, 0.3) is 5.57 Å². The lowest BCUT2D eigenvalue weighted by Gasteiger charge is -2.48. The Hall–Kier alpha value is -2.66. The van der Waals surface area contributed by atoms with Crippen LogP contribution >= 0.6 is 23.1 Å². The maximum atomic E-state index is 12.7. The van der Waals surface area contributed by atoms with E-state index in [1.165, 1.54) is 29.7 Å². The average Bonchev–Trinajstić information content (AvgIpc) is 3.04. The Morgan fingerprint density at radius 3 is 2.81 bits per heavy atom. The molecule has 1 aromatic heterocycles. The number of rotatable bonds is 6. The molecule has 142 valence electrons. The number of aromatic nitrogens is 1. The van der Waals surface area contributed by atoms with Crippen LogP contribution in [0.1, 0.15) is 19.0 Å². The minimum absolute atomic E-state index is 0.0414. The van der Waals surface area contributed by atoms with Gasteiger partial charge in [0.15, 0.2) is 10.9 Å². The third-order valence-electron chi connectivity index (χ3n) is 4.02. The summed E-state index contributed by atoms with van der Waals surface area (Å²) >= 11 is 2.55. The first-order valence-electron chi connectivity index (χ1n) is 7.89. The lowest BCUT2D eigenvalue weighted by molar-refractivity contribution is -0.146. The first-order chi connectivity index (χ1) is 12.8. The van der Waals surface area contributed by atoms with Gasteiger partial charge in [-0.2, -0.15) is 0 Å². The van der Waals surface area contributed by atoms with Crippen LogP contribution in [0.15, 0.2) is 23.2 Å². The van der Waals surface area contributed by atoms with Crippen molar-refractivity contribution in [2.24, 2.45) is 0 Å². The van der Waals surface area contributed by atoms with Gasteiger partial charge >= 0.3 is 5.97 Å². The van der Waals surface area contributed by atoms with Crippen molar-refractivity contribution in [3.05, 3.63) is 28.9 Å². The molecule has 3 rings (SSSR count). The summed E-state index contributed by atoms with van der Waals surface area (Å²) in [6.45, 7) is 1.39. The van der Waals surface area contributed by atoms with Gasteiger partial charge in [-0.05, 0) is 6.08 Å². The smallest absolute Gasteiger partial charge is 0.307 e. The molecule has 0 aromatic carbocycles. The molecule has 2 amide bonds. The van der Waals surface area contributed by atoms with Crippen LogP contribution < -0.4 is 11.1 Å². The molecule has 27 heavy (non-hydrogen) atoms. The number of nitrogens with one attached hydrogen (secondary N) is 1. The van der Waals surface area contributed by atoms with Crippen LogP contribution in [-0.2, 0) is 19.2 Å². The van der Waals surface area contributed by atoms with E-state index < -0.39 is 17.9 Å². The molecule has 0 aliphatic carbocycles. The molecular formula is C16H16N4O5S2. The maximum absolute atomic E-state index is 12.7. The molecule has 3 heterocycles. The zero-order chi connectivity index (χ0) is 19.7. The normalized spacial score (nSPS) is 21.8. The minimum atomic E-state index is -1.10. The first kappa shape index (κ1) is 19.1. The molecule has 0 unspecified atom stereocenters. The number of Topliss-reactive ketones (excluding diaryl/α,β-unsaturated/α-hetero) is 1. The number of hydrogen-bond acceptors (Lipinski definition) is 8. The summed E-state index contributed by atoms with van der Waals surface area (Å²) in [6.07, 6.45) is 2.55. The number of anilines is 1. The molecule has 11 heteroatoms. The third kappa shape index (κ3) is 3.74. The Balaban J connectivity index is 1.78. The lowest BCUT2D eigenvalue weighted by atomic mass is 10.0. The second-order valence-electron chi connectivity index (χ2n) is 5.82. The third-order valence-corrected chi connectivity index (χ3v) is 5.87. The SMILES string of the molecule is CC(=O)C1=CCS[C@@H]2[C@H](NC(=O)/C(=C/CC(=O)O)c3csc(N)n3)C(=O)N12. The van der Waals surface area contributed by atoms with Crippen molar-refractivity contribution in [3.63, 3.8) is 0 Å².